The van der Waals surface area contributed by atoms with Crippen molar-refractivity contribution in [1.29, 1.82) is 0 Å². The Morgan fingerprint density at radius 1 is 1.25 bits per heavy atom. The Hall–Kier alpha value is -0.900. The highest BCUT2D eigenvalue weighted by Gasteiger charge is 2.13. The fraction of sp³-hybridized carbons (Fsp3) is 0.538. The van der Waals surface area contributed by atoms with E-state index in [4.69, 9.17) is 10.5 Å². The highest BCUT2D eigenvalue weighted by molar-refractivity contribution is 5.18. The van der Waals surface area contributed by atoms with Crippen LogP contribution in [0.1, 0.15) is 18.5 Å². The van der Waals surface area contributed by atoms with Gasteiger partial charge < -0.3 is 10.5 Å². The van der Waals surface area contributed by atoms with E-state index in [0.717, 1.165) is 19.7 Å². The largest absolute Gasteiger partial charge is 0.383 e. The number of nitrogens with zero attached hydrogens (tertiary/aromatic N) is 1. The number of rotatable bonds is 7. The van der Waals surface area contributed by atoms with Gasteiger partial charge in [-0.1, -0.05) is 30.3 Å². The van der Waals surface area contributed by atoms with Gasteiger partial charge >= 0.3 is 0 Å². The minimum Gasteiger partial charge on any atom is -0.383 e. The molecule has 3 heteroatoms. The zero-order chi connectivity index (χ0) is 11.8. The van der Waals surface area contributed by atoms with Gasteiger partial charge in [0.1, 0.15) is 0 Å². The van der Waals surface area contributed by atoms with Crippen molar-refractivity contribution in [1.82, 2.24) is 4.90 Å². The summed E-state index contributed by atoms with van der Waals surface area (Å²) in [5.74, 6) is 0. The lowest BCUT2D eigenvalue weighted by molar-refractivity contribution is 0.127. The summed E-state index contributed by atoms with van der Waals surface area (Å²) >= 11 is 0. The van der Waals surface area contributed by atoms with Crippen LogP contribution in [0.5, 0.6) is 0 Å². The maximum atomic E-state index is 5.63. The molecule has 2 N–H and O–H groups in total. The Morgan fingerprint density at radius 3 is 2.50 bits per heavy atom. The van der Waals surface area contributed by atoms with Gasteiger partial charge in [0, 0.05) is 32.8 Å². The molecular weight excluding hydrogens is 200 g/mol. The number of ether oxygens (including phenoxy) is 1. The first-order valence-corrected chi connectivity index (χ1v) is 5.77. The van der Waals surface area contributed by atoms with Crippen molar-refractivity contribution in [3.8, 4) is 0 Å². The highest BCUT2D eigenvalue weighted by atomic mass is 16.5. The van der Waals surface area contributed by atoms with Gasteiger partial charge in [-0.3, -0.25) is 4.90 Å². The fourth-order valence-corrected chi connectivity index (χ4v) is 1.82. The molecule has 0 spiro atoms. The van der Waals surface area contributed by atoms with Gasteiger partial charge in [0.05, 0.1) is 6.61 Å². The van der Waals surface area contributed by atoms with Gasteiger partial charge in [-0.15, -0.1) is 0 Å². The summed E-state index contributed by atoms with van der Waals surface area (Å²) < 4.78 is 5.12. The first kappa shape index (κ1) is 13.2. The molecule has 90 valence electrons. The lowest BCUT2D eigenvalue weighted by atomic mass is 10.1. The maximum Gasteiger partial charge on any atom is 0.0589 e. The number of hydrogen-bond donors (Lipinski definition) is 1. The molecule has 1 aromatic carbocycles. The van der Waals surface area contributed by atoms with Crippen LogP contribution in [-0.4, -0.2) is 38.3 Å². The van der Waals surface area contributed by atoms with Crippen LogP contribution in [0.4, 0.5) is 0 Å². The predicted octanol–water partition coefficient (Wildman–Crippen LogP) is 1.65. The Kier molecular flexibility index (Phi) is 6.08. The summed E-state index contributed by atoms with van der Waals surface area (Å²) in [5, 5.41) is 0. The van der Waals surface area contributed by atoms with E-state index in [1.807, 2.05) is 6.07 Å². The second kappa shape index (κ2) is 7.39. The minimum atomic E-state index is 0.389. The van der Waals surface area contributed by atoms with Crippen LogP contribution < -0.4 is 5.73 Å². The van der Waals surface area contributed by atoms with Crippen molar-refractivity contribution in [2.45, 2.75) is 13.0 Å². The lowest BCUT2D eigenvalue weighted by Gasteiger charge is -2.28. The zero-order valence-corrected chi connectivity index (χ0v) is 10.2. The molecule has 1 rings (SSSR count). The molecule has 0 aliphatic carbocycles. The third kappa shape index (κ3) is 3.93. The summed E-state index contributed by atoms with van der Waals surface area (Å²) in [6.07, 6.45) is 0. The molecule has 3 nitrogen and oxygen atoms in total. The smallest absolute Gasteiger partial charge is 0.0589 e. The van der Waals surface area contributed by atoms with E-state index in [-0.39, 0.29) is 0 Å². The fourth-order valence-electron chi connectivity index (χ4n) is 1.82. The van der Waals surface area contributed by atoms with Crippen molar-refractivity contribution in [3.63, 3.8) is 0 Å². The van der Waals surface area contributed by atoms with Crippen LogP contribution in [0.2, 0.25) is 0 Å². The molecule has 1 unspecified atom stereocenters. The molecule has 0 amide bonds. The van der Waals surface area contributed by atoms with Crippen LogP contribution in [-0.2, 0) is 4.74 Å². The molecule has 0 aliphatic rings. The molecule has 0 saturated carbocycles. The molecule has 0 radical (unpaired) electrons. The average Bonchev–Trinajstić information content (AvgIpc) is 2.35. The van der Waals surface area contributed by atoms with E-state index >= 15 is 0 Å². The van der Waals surface area contributed by atoms with Crippen LogP contribution in [0, 0.1) is 0 Å². The summed E-state index contributed by atoms with van der Waals surface area (Å²) in [6.45, 7) is 5.46. The second-order valence-electron chi connectivity index (χ2n) is 3.90. The van der Waals surface area contributed by atoms with Crippen molar-refractivity contribution in [2.75, 3.05) is 33.4 Å². The third-order valence-electron chi connectivity index (χ3n) is 2.83. The number of hydrogen-bond acceptors (Lipinski definition) is 3. The van der Waals surface area contributed by atoms with Crippen LogP contribution in [0.25, 0.3) is 0 Å². The number of methoxy groups -OCH3 is 1. The van der Waals surface area contributed by atoms with E-state index in [1.165, 1.54) is 5.56 Å². The molecule has 16 heavy (non-hydrogen) atoms. The van der Waals surface area contributed by atoms with Gasteiger partial charge in [-0.25, -0.2) is 0 Å². The SMILES string of the molecule is COCCN(CCN)C(C)c1ccccc1. The molecule has 1 atom stereocenters. The molecule has 0 aliphatic heterocycles. The first-order chi connectivity index (χ1) is 7.79. The molecule has 0 saturated heterocycles. The van der Waals surface area contributed by atoms with Gasteiger partial charge in [0.15, 0.2) is 0 Å². The van der Waals surface area contributed by atoms with Gasteiger partial charge in [0.25, 0.3) is 0 Å². The normalized spacial score (nSPS) is 13.0. The van der Waals surface area contributed by atoms with Crippen LogP contribution >= 0.6 is 0 Å². The van der Waals surface area contributed by atoms with Gasteiger partial charge in [-0.05, 0) is 12.5 Å². The maximum absolute atomic E-state index is 5.63. The lowest BCUT2D eigenvalue weighted by Crippen LogP contribution is -2.34. The monoisotopic (exact) mass is 222 g/mol. The molecule has 0 bridgehead atoms. The summed E-state index contributed by atoms with van der Waals surface area (Å²) in [6, 6.07) is 10.9. The van der Waals surface area contributed by atoms with Crippen LogP contribution in [0.15, 0.2) is 30.3 Å². The molecule has 0 heterocycles. The summed E-state index contributed by atoms with van der Waals surface area (Å²) in [5.41, 5.74) is 6.96. The minimum absolute atomic E-state index is 0.389. The Morgan fingerprint density at radius 2 is 1.94 bits per heavy atom. The first-order valence-electron chi connectivity index (χ1n) is 5.77. The van der Waals surface area contributed by atoms with Crippen molar-refractivity contribution >= 4 is 0 Å². The number of nitrogens with two attached hydrogens (primary N) is 1. The Balaban J connectivity index is 2.62. The molecule has 0 fully saturated rings. The van der Waals surface area contributed by atoms with Crippen molar-refractivity contribution in [3.05, 3.63) is 35.9 Å². The quantitative estimate of drug-likeness (QED) is 0.762. The number of benzene rings is 1. The van der Waals surface area contributed by atoms with E-state index in [2.05, 4.69) is 36.1 Å². The van der Waals surface area contributed by atoms with E-state index in [9.17, 15) is 0 Å². The van der Waals surface area contributed by atoms with Gasteiger partial charge in [0.2, 0.25) is 0 Å². The van der Waals surface area contributed by atoms with E-state index in [1.54, 1.807) is 7.11 Å². The second-order valence-corrected chi connectivity index (χ2v) is 3.90. The topological polar surface area (TPSA) is 38.5 Å². The Labute approximate surface area is 98.2 Å². The zero-order valence-electron chi connectivity index (χ0n) is 10.2. The standard InChI is InChI=1S/C13H22N2O/c1-12(13-6-4-3-5-7-13)15(9-8-14)10-11-16-2/h3-7,12H,8-11,14H2,1-2H3. The predicted molar refractivity (Wildman–Crippen MR) is 67.4 cm³/mol. The highest BCUT2D eigenvalue weighted by Crippen LogP contribution is 2.18. The molecular formula is C13H22N2O. The van der Waals surface area contributed by atoms with E-state index < -0.39 is 0 Å². The molecule has 1 aromatic rings. The summed E-state index contributed by atoms with van der Waals surface area (Å²) in [7, 11) is 1.73. The van der Waals surface area contributed by atoms with Crippen molar-refractivity contribution < 1.29 is 4.74 Å². The van der Waals surface area contributed by atoms with Crippen LogP contribution in [0.3, 0.4) is 0 Å². The van der Waals surface area contributed by atoms with E-state index in [0.29, 0.717) is 12.6 Å². The summed E-state index contributed by atoms with van der Waals surface area (Å²) in [4.78, 5) is 2.35. The average molecular weight is 222 g/mol. The third-order valence-corrected chi connectivity index (χ3v) is 2.83. The molecule has 0 aromatic heterocycles. The van der Waals surface area contributed by atoms with Crippen molar-refractivity contribution in [2.24, 2.45) is 5.73 Å². The van der Waals surface area contributed by atoms with Gasteiger partial charge in [-0.2, -0.15) is 0 Å². The Bertz CT molecular complexity index is 277.